The summed E-state index contributed by atoms with van der Waals surface area (Å²) in [6.45, 7) is 13.4. The molecule has 0 aromatic carbocycles. The molecule has 0 saturated heterocycles. The molecular weight excluding hydrogens is 376 g/mol. The van der Waals surface area contributed by atoms with Gasteiger partial charge in [-0.15, -0.1) is 0 Å². The predicted octanol–water partition coefficient (Wildman–Crippen LogP) is 9.18. The fourth-order valence-electron chi connectivity index (χ4n) is 3.02. The first-order valence-corrected chi connectivity index (χ1v) is 18.8. The van der Waals surface area contributed by atoms with Crippen LogP contribution in [0.15, 0.2) is 0 Å². The highest BCUT2D eigenvalue weighted by Crippen LogP contribution is 2.16. The maximum atomic E-state index is 5.50. The van der Waals surface area contributed by atoms with Gasteiger partial charge in [0, 0.05) is 14.2 Å². The molecule has 0 aromatic heterocycles. The van der Waals surface area contributed by atoms with E-state index in [1.165, 1.54) is 102 Å². The Kier molecular flexibility index (Phi) is 22.5. The molecule has 0 atom stereocenters. The lowest BCUT2D eigenvalue weighted by molar-refractivity contribution is 0.400. The average molecular weight is 433 g/mol. The highest BCUT2D eigenvalue weighted by atomic mass is 28.4. The molecule has 0 bridgehead atoms. The summed E-state index contributed by atoms with van der Waals surface area (Å²) in [5.41, 5.74) is 0. The molecular formula is C24H56O2Si2. The highest BCUT2D eigenvalue weighted by Gasteiger charge is 2.18. The summed E-state index contributed by atoms with van der Waals surface area (Å²) in [6.07, 6.45) is 21.9. The van der Waals surface area contributed by atoms with E-state index in [9.17, 15) is 0 Å². The van der Waals surface area contributed by atoms with E-state index in [1.807, 2.05) is 7.11 Å². The van der Waals surface area contributed by atoms with Crippen molar-refractivity contribution in [3.05, 3.63) is 0 Å². The average Bonchev–Trinajstić information content (AvgIpc) is 2.81. The van der Waals surface area contributed by atoms with Crippen LogP contribution in [0.5, 0.6) is 0 Å². The Bertz CT molecular complexity index is 273. The Morgan fingerprint density at radius 2 is 0.857 bits per heavy atom. The van der Waals surface area contributed by atoms with Crippen molar-refractivity contribution in [2.75, 3.05) is 14.2 Å². The van der Waals surface area contributed by atoms with Gasteiger partial charge in [-0.05, 0) is 38.8 Å². The van der Waals surface area contributed by atoms with Crippen molar-refractivity contribution in [2.45, 2.75) is 142 Å². The van der Waals surface area contributed by atoms with Crippen molar-refractivity contribution >= 4 is 16.6 Å². The zero-order chi connectivity index (χ0) is 21.7. The van der Waals surface area contributed by atoms with E-state index in [0.29, 0.717) is 0 Å². The number of unbranched alkanes of at least 4 members (excludes halogenated alkanes) is 5. The van der Waals surface area contributed by atoms with Crippen LogP contribution in [0.2, 0.25) is 38.8 Å². The summed E-state index contributed by atoms with van der Waals surface area (Å²) in [4.78, 5) is 0. The van der Waals surface area contributed by atoms with Gasteiger partial charge in [-0.1, -0.05) is 103 Å². The molecule has 0 N–H and O–H groups in total. The molecule has 0 amide bonds. The Morgan fingerprint density at radius 3 is 1.14 bits per heavy atom. The fraction of sp³-hybridized carbons (Fsp3) is 1.00. The third kappa shape index (κ3) is 28.6. The van der Waals surface area contributed by atoms with Crippen LogP contribution in [0.3, 0.4) is 0 Å². The Balaban J connectivity index is 0. The first-order chi connectivity index (χ1) is 13.2. The molecule has 1 aliphatic carbocycles. The SMILES string of the molecule is C1CCCCCCCC1.CCCCCCCC[Si](C)(C)OC.CO[Si](C)(C)C. The molecule has 0 aliphatic heterocycles. The van der Waals surface area contributed by atoms with E-state index < -0.39 is 16.6 Å². The topological polar surface area (TPSA) is 18.5 Å². The van der Waals surface area contributed by atoms with Gasteiger partial charge in [0.05, 0.1) is 0 Å². The van der Waals surface area contributed by atoms with Crippen molar-refractivity contribution in [1.82, 2.24) is 0 Å². The van der Waals surface area contributed by atoms with E-state index in [-0.39, 0.29) is 0 Å². The first kappa shape index (κ1) is 30.5. The van der Waals surface area contributed by atoms with E-state index in [1.54, 1.807) is 7.11 Å². The van der Waals surface area contributed by atoms with Gasteiger partial charge in [0.25, 0.3) is 0 Å². The third-order valence-corrected chi connectivity index (χ3v) is 9.43. The lowest BCUT2D eigenvalue weighted by Gasteiger charge is -2.19. The van der Waals surface area contributed by atoms with Crippen LogP contribution in [-0.2, 0) is 8.85 Å². The van der Waals surface area contributed by atoms with Crippen molar-refractivity contribution in [2.24, 2.45) is 0 Å². The van der Waals surface area contributed by atoms with E-state index in [4.69, 9.17) is 8.85 Å². The molecule has 172 valence electrons. The van der Waals surface area contributed by atoms with Crippen LogP contribution in [-0.4, -0.2) is 30.9 Å². The number of rotatable bonds is 9. The van der Waals surface area contributed by atoms with Crippen molar-refractivity contribution in [3.8, 4) is 0 Å². The maximum Gasteiger partial charge on any atom is 0.186 e. The van der Waals surface area contributed by atoms with Gasteiger partial charge in [-0.2, -0.15) is 0 Å². The zero-order valence-corrected chi connectivity index (χ0v) is 23.1. The predicted molar refractivity (Wildman–Crippen MR) is 135 cm³/mol. The molecule has 0 radical (unpaired) electrons. The van der Waals surface area contributed by atoms with E-state index >= 15 is 0 Å². The number of hydrogen-bond donors (Lipinski definition) is 0. The third-order valence-electron chi connectivity index (χ3n) is 5.55. The summed E-state index contributed by atoms with van der Waals surface area (Å²) in [6, 6.07) is 1.33. The van der Waals surface area contributed by atoms with Gasteiger partial charge in [-0.25, -0.2) is 0 Å². The van der Waals surface area contributed by atoms with Crippen molar-refractivity contribution in [1.29, 1.82) is 0 Å². The quantitative estimate of drug-likeness (QED) is 0.267. The van der Waals surface area contributed by atoms with Crippen LogP contribution in [0.1, 0.15) is 103 Å². The minimum absolute atomic E-state index is 1.13. The minimum Gasteiger partial charge on any atom is -0.421 e. The van der Waals surface area contributed by atoms with Gasteiger partial charge >= 0.3 is 0 Å². The molecule has 28 heavy (non-hydrogen) atoms. The molecule has 2 nitrogen and oxygen atoms in total. The number of hydrogen-bond acceptors (Lipinski definition) is 2. The molecule has 0 aromatic rings. The molecule has 1 fully saturated rings. The fourth-order valence-corrected chi connectivity index (χ4v) is 4.33. The Labute approximate surface area is 181 Å². The second-order valence-corrected chi connectivity index (χ2v) is 19.0. The second kappa shape index (κ2) is 20.6. The van der Waals surface area contributed by atoms with Crippen LogP contribution in [0, 0.1) is 0 Å². The highest BCUT2D eigenvalue weighted by molar-refractivity contribution is 6.71. The normalized spacial score (nSPS) is 15.9. The monoisotopic (exact) mass is 432 g/mol. The maximum absolute atomic E-state index is 5.50. The van der Waals surface area contributed by atoms with Crippen LogP contribution in [0.25, 0.3) is 0 Å². The molecule has 0 spiro atoms. The van der Waals surface area contributed by atoms with Gasteiger partial charge in [0.15, 0.2) is 16.6 Å². The molecule has 0 unspecified atom stereocenters. The Morgan fingerprint density at radius 1 is 0.536 bits per heavy atom. The van der Waals surface area contributed by atoms with E-state index in [0.717, 1.165) is 0 Å². The molecule has 1 rings (SSSR count). The lowest BCUT2D eigenvalue weighted by atomic mass is 10.1. The molecule has 0 heterocycles. The van der Waals surface area contributed by atoms with Gasteiger partial charge in [0.2, 0.25) is 0 Å². The van der Waals surface area contributed by atoms with Gasteiger partial charge in [-0.3, -0.25) is 0 Å². The Hall–Kier alpha value is 0.354. The molecule has 1 aliphatic rings. The summed E-state index contributed by atoms with van der Waals surface area (Å²) in [5, 5.41) is 0. The van der Waals surface area contributed by atoms with E-state index in [2.05, 4.69) is 39.7 Å². The van der Waals surface area contributed by atoms with Gasteiger partial charge < -0.3 is 8.85 Å². The van der Waals surface area contributed by atoms with Crippen LogP contribution in [0.4, 0.5) is 0 Å². The van der Waals surface area contributed by atoms with Crippen LogP contribution < -0.4 is 0 Å². The van der Waals surface area contributed by atoms with Crippen molar-refractivity contribution < 1.29 is 8.85 Å². The van der Waals surface area contributed by atoms with Crippen LogP contribution >= 0.6 is 0 Å². The second-order valence-electron chi connectivity index (χ2n) is 9.98. The molecule has 4 heteroatoms. The summed E-state index contributed by atoms with van der Waals surface area (Å²) in [7, 11) is 1.26. The summed E-state index contributed by atoms with van der Waals surface area (Å²) < 4.78 is 10.6. The van der Waals surface area contributed by atoms with Crippen molar-refractivity contribution in [3.63, 3.8) is 0 Å². The zero-order valence-electron chi connectivity index (χ0n) is 21.1. The molecule has 1 saturated carbocycles. The summed E-state index contributed by atoms with van der Waals surface area (Å²) >= 11 is 0. The lowest BCUT2D eigenvalue weighted by Crippen LogP contribution is -2.27. The standard InChI is InChI=1S/C11H26OSi.C9H18.C4H12OSi/c1-5-6-7-8-9-10-11-13(3,4)12-2;1-2-4-6-8-9-7-5-3-1;1-5-6(2,3)4/h5-11H2,1-4H3;1-9H2;1-4H3. The largest absolute Gasteiger partial charge is 0.421 e. The summed E-state index contributed by atoms with van der Waals surface area (Å²) in [5.74, 6) is 0. The smallest absolute Gasteiger partial charge is 0.186 e. The minimum atomic E-state index is -1.25. The van der Waals surface area contributed by atoms with Gasteiger partial charge in [0.1, 0.15) is 0 Å². The first-order valence-electron chi connectivity index (χ1n) is 12.3.